The van der Waals surface area contributed by atoms with Gasteiger partial charge in [-0.2, -0.15) is 0 Å². The standard InChI is InChI=1S/C14H14ClNO2/c1-11-5-6-13(12(15)10-11)17-8-9-18-14-4-2-3-7-16-14/h2-7,10H,8-9H2,1H3. The summed E-state index contributed by atoms with van der Waals surface area (Å²) in [6.07, 6.45) is 1.69. The zero-order valence-corrected chi connectivity index (χ0v) is 10.9. The quantitative estimate of drug-likeness (QED) is 0.774. The molecule has 1 heterocycles. The van der Waals surface area contributed by atoms with Crippen LogP contribution >= 0.6 is 11.6 Å². The van der Waals surface area contributed by atoms with Crippen molar-refractivity contribution in [3.63, 3.8) is 0 Å². The lowest BCUT2D eigenvalue weighted by Crippen LogP contribution is -2.09. The Morgan fingerprint density at radius 2 is 1.94 bits per heavy atom. The molecule has 0 amide bonds. The third kappa shape index (κ3) is 3.64. The number of pyridine rings is 1. The maximum atomic E-state index is 6.05. The first-order chi connectivity index (χ1) is 8.75. The molecule has 1 aromatic heterocycles. The Labute approximate surface area is 111 Å². The Bertz CT molecular complexity index is 502. The van der Waals surface area contributed by atoms with Gasteiger partial charge in [0.15, 0.2) is 0 Å². The zero-order chi connectivity index (χ0) is 12.8. The number of hydrogen-bond acceptors (Lipinski definition) is 3. The summed E-state index contributed by atoms with van der Waals surface area (Å²) in [6, 6.07) is 11.2. The fourth-order valence-corrected chi connectivity index (χ4v) is 1.74. The third-order valence-electron chi connectivity index (χ3n) is 2.32. The van der Waals surface area contributed by atoms with Gasteiger partial charge < -0.3 is 9.47 Å². The van der Waals surface area contributed by atoms with E-state index in [1.54, 1.807) is 12.3 Å². The van der Waals surface area contributed by atoms with Crippen LogP contribution < -0.4 is 9.47 Å². The molecular weight excluding hydrogens is 250 g/mol. The molecular formula is C14H14ClNO2. The van der Waals surface area contributed by atoms with Crippen LogP contribution in [-0.2, 0) is 0 Å². The lowest BCUT2D eigenvalue weighted by atomic mass is 10.2. The van der Waals surface area contributed by atoms with E-state index in [2.05, 4.69) is 4.98 Å². The first-order valence-corrected chi connectivity index (χ1v) is 6.06. The van der Waals surface area contributed by atoms with Gasteiger partial charge in [0.25, 0.3) is 0 Å². The van der Waals surface area contributed by atoms with E-state index >= 15 is 0 Å². The van der Waals surface area contributed by atoms with Crippen molar-refractivity contribution in [2.45, 2.75) is 6.92 Å². The summed E-state index contributed by atoms with van der Waals surface area (Å²) in [4.78, 5) is 4.05. The van der Waals surface area contributed by atoms with Crippen molar-refractivity contribution in [3.05, 3.63) is 53.2 Å². The minimum Gasteiger partial charge on any atom is -0.488 e. The lowest BCUT2D eigenvalue weighted by Gasteiger charge is -2.09. The molecule has 0 aliphatic rings. The first-order valence-electron chi connectivity index (χ1n) is 5.68. The van der Waals surface area contributed by atoms with Crippen molar-refractivity contribution in [1.29, 1.82) is 0 Å². The Kier molecular flexibility index (Phi) is 4.42. The molecule has 0 fully saturated rings. The predicted octanol–water partition coefficient (Wildman–Crippen LogP) is 3.50. The second kappa shape index (κ2) is 6.26. The van der Waals surface area contributed by atoms with E-state index in [1.165, 1.54) is 0 Å². The van der Waals surface area contributed by atoms with Crippen LogP contribution in [0.1, 0.15) is 5.56 Å². The minimum absolute atomic E-state index is 0.430. The van der Waals surface area contributed by atoms with Crippen LogP contribution in [0.3, 0.4) is 0 Å². The van der Waals surface area contributed by atoms with Crippen LogP contribution in [0.25, 0.3) is 0 Å². The molecule has 1 aromatic carbocycles. The summed E-state index contributed by atoms with van der Waals surface area (Å²) < 4.78 is 10.9. The molecule has 0 spiro atoms. The average Bonchev–Trinajstić information content (AvgIpc) is 2.38. The maximum absolute atomic E-state index is 6.05. The van der Waals surface area contributed by atoms with Crippen molar-refractivity contribution < 1.29 is 9.47 Å². The average molecular weight is 264 g/mol. The van der Waals surface area contributed by atoms with Crippen LogP contribution in [0.5, 0.6) is 11.6 Å². The molecule has 0 bridgehead atoms. The molecule has 0 aliphatic carbocycles. The van der Waals surface area contributed by atoms with Crippen molar-refractivity contribution >= 4 is 11.6 Å². The highest BCUT2D eigenvalue weighted by Gasteiger charge is 2.01. The number of rotatable bonds is 5. The van der Waals surface area contributed by atoms with Gasteiger partial charge >= 0.3 is 0 Å². The number of benzene rings is 1. The Morgan fingerprint density at radius 1 is 1.11 bits per heavy atom. The third-order valence-corrected chi connectivity index (χ3v) is 2.61. The van der Waals surface area contributed by atoms with Gasteiger partial charge in [-0.15, -0.1) is 0 Å². The highest BCUT2D eigenvalue weighted by atomic mass is 35.5. The molecule has 94 valence electrons. The smallest absolute Gasteiger partial charge is 0.213 e. The Morgan fingerprint density at radius 3 is 2.67 bits per heavy atom. The van der Waals surface area contributed by atoms with Gasteiger partial charge in [0.2, 0.25) is 5.88 Å². The van der Waals surface area contributed by atoms with Crippen LogP contribution in [0, 0.1) is 6.92 Å². The number of nitrogens with zero attached hydrogens (tertiary/aromatic N) is 1. The van der Waals surface area contributed by atoms with Gasteiger partial charge in [0, 0.05) is 12.3 Å². The molecule has 18 heavy (non-hydrogen) atoms. The van der Waals surface area contributed by atoms with Crippen molar-refractivity contribution in [2.24, 2.45) is 0 Å². The summed E-state index contributed by atoms with van der Waals surface area (Å²) in [5, 5.41) is 0.618. The van der Waals surface area contributed by atoms with Gasteiger partial charge in [0.05, 0.1) is 5.02 Å². The minimum atomic E-state index is 0.430. The Balaban J connectivity index is 1.79. The van der Waals surface area contributed by atoms with E-state index in [4.69, 9.17) is 21.1 Å². The van der Waals surface area contributed by atoms with Crippen molar-refractivity contribution in [3.8, 4) is 11.6 Å². The second-order valence-corrected chi connectivity index (χ2v) is 4.21. The fourth-order valence-electron chi connectivity index (χ4n) is 1.45. The molecule has 2 aromatic rings. The van der Waals surface area contributed by atoms with Crippen molar-refractivity contribution in [2.75, 3.05) is 13.2 Å². The van der Waals surface area contributed by atoms with E-state index in [1.807, 2.05) is 37.3 Å². The van der Waals surface area contributed by atoms with Gasteiger partial charge in [0.1, 0.15) is 19.0 Å². The van der Waals surface area contributed by atoms with E-state index < -0.39 is 0 Å². The second-order valence-electron chi connectivity index (χ2n) is 3.80. The molecule has 0 atom stereocenters. The van der Waals surface area contributed by atoms with E-state index in [-0.39, 0.29) is 0 Å². The summed E-state index contributed by atoms with van der Waals surface area (Å²) in [5.74, 6) is 1.27. The summed E-state index contributed by atoms with van der Waals surface area (Å²) in [6.45, 7) is 2.85. The number of aryl methyl sites for hydroxylation is 1. The highest BCUT2D eigenvalue weighted by Crippen LogP contribution is 2.24. The number of hydrogen-bond donors (Lipinski definition) is 0. The van der Waals surface area contributed by atoms with Crippen LogP contribution in [0.2, 0.25) is 5.02 Å². The zero-order valence-electron chi connectivity index (χ0n) is 10.1. The lowest BCUT2D eigenvalue weighted by molar-refractivity contribution is 0.212. The normalized spacial score (nSPS) is 10.1. The maximum Gasteiger partial charge on any atom is 0.213 e. The molecule has 0 N–H and O–H groups in total. The molecule has 3 nitrogen and oxygen atoms in total. The predicted molar refractivity (Wildman–Crippen MR) is 71.4 cm³/mol. The van der Waals surface area contributed by atoms with Crippen LogP contribution in [-0.4, -0.2) is 18.2 Å². The molecule has 0 aliphatic heterocycles. The molecule has 2 rings (SSSR count). The number of halogens is 1. The van der Waals surface area contributed by atoms with Crippen LogP contribution in [0.15, 0.2) is 42.6 Å². The number of ether oxygens (including phenoxy) is 2. The van der Waals surface area contributed by atoms with Crippen LogP contribution in [0.4, 0.5) is 0 Å². The topological polar surface area (TPSA) is 31.4 Å². The number of aromatic nitrogens is 1. The SMILES string of the molecule is Cc1ccc(OCCOc2ccccn2)c(Cl)c1. The monoisotopic (exact) mass is 263 g/mol. The molecule has 4 heteroatoms. The largest absolute Gasteiger partial charge is 0.488 e. The summed E-state index contributed by atoms with van der Waals surface area (Å²) in [7, 11) is 0. The Hall–Kier alpha value is -1.74. The van der Waals surface area contributed by atoms with Gasteiger partial charge in [-0.3, -0.25) is 0 Å². The molecule has 0 saturated carbocycles. The van der Waals surface area contributed by atoms with Gasteiger partial charge in [-0.1, -0.05) is 23.7 Å². The van der Waals surface area contributed by atoms with Gasteiger partial charge in [-0.25, -0.2) is 4.98 Å². The summed E-state index contributed by atoms with van der Waals surface area (Å²) in [5.41, 5.74) is 1.11. The summed E-state index contributed by atoms with van der Waals surface area (Å²) >= 11 is 6.05. The molecule has 0 radical (unpaired) electrons. The fraction of sp³-hybridized carbons (Fsp3) is 0.214. The van der Waals surface area contributed by atoms with Gasteiger partial charge in [-0.05, 0) is 30.7 Å². The van der Waals surface area contributed by atoms with E-state index in [0.717, 1.165) is 5.56 Å². The van der Waals surface area contributed by atoms with E-state index in [9.17, 15) is 0 Å². The first kappa shape index (κ1) is 12.7. The molecule has 0 unspecified atom stereocenters. The highest BCUT2D eigenvalue weighted by molar-refractivity contribution is 6.32. The van der Waals surface area contributed by atoms with Crippen molar-refractivity contribution in [1.82, 2.24) is 4.98 Å². The van der Waals surface area contributed by atoms with E-state index in [0.29, 0.717) is 29.9 Å². The molecule has 0 saturated heterocycles.